The summed E-state index contributed by atoms with van der Waals surface area (Å²) in [7, 11) is 0. The summed E-state index contributed by atoms with van der Waals surface area (Å²) in [6, 6.07) is 0. The molecule has 3 saturated heterocycles. The Morgan fingerprint density at radius 3 is 1.03 bits per heavy atom. The maximum atomic E-state index is 10.3. The number of unbranched alkanes of at least 4 members (excludes halogenated alkanes) is 18. The Bertz CT molecular complexity index is 1220. The molecule has 0 bridgehead atoms. The Labute approximate surface area is 420 Å². The van der Waals surface area contributed by atoms with Gasteiger partial charge in [-0.05, 0) is 57.8 Å². The van der Waals surface area contributed by atoms with E-state index in [1.54, 1.807) is 0 Å². The molecule has 3 N–H and O–H groups in total. The zero-order valence-electron chi connectivity index (χ0n) is 44.3. The van der Waals surface area contributed by atoms with Crippen molar-refractivity contribution in [3.63, 3.8) is 0 Å². The molecule has 9 unspecified atom stereocenters. The Kier molecular flexibility index (Phi) is 35.5. The van der Waals surface area contributed by atoms with Crippen molar-refractivity contribution in [1.29, 1.82) is 0 Å². The summed E-state index contributed by atoms with van der Waals surface area (Å²) in [4.78, 5) is 33.5. The molecule has 3 rings (SSSR count). The fourth-order valence-electron chi connectivity index (χ4n) is 9.31. The minimum absolute atomic E-state index is 0.0295. The highest BCUT2D eigenvalue weighted by atomic mass is 17.2. The first-order valence-corrected chi connectivity index (χ1v) is 28.6. The van der Waals surface area contributed by atoms with E-state index < -0.39 is 6.10 Å². The molecule has 0 spiro atoms. The number of epoxide rings is 3. The second kappa shape index (κ2) is 39.7. The molecule has 0 aliphatic carbocycles. The lowest BCUT2D eigenvalue weighted by Crippen LogP contribution is -2.26. The summed E-state index contributed by atoms with van der Waals surface area (Å²) >= 11 is 0. The van der Waals surface area contributed by atoms with Crippen LogP contribution in [0.2, 0.25) is 0 Å². The number of aliphatic hydroxyl groups excluding tert-OH is 3. The van der Waals surface area contributed by atoms with Gasteiger partial charge in [-0.25, -0.2) is 0 Å². The third-order valence-corrected chi connectivity index (χ3v) is 14.0. The van der Waals surface area contributed by atoms with Gasteiger partial charge in [0.25, 0.3) is 0 Å². The molecule has 0 aromatic rings. The van der Waals surface area contributed by atoms with Gasteiger partial charge in [-0.1, -0.05) is 175 Å². The minimum Gasteiger partial charge on any atom is -0.393 e. The van der Waals surface area contributed by atoms with Gasteiger partial charge in [-0.2, -0.15) is 14.7 Å². The van der Waals surface area contributed by atoms with Gasteiger partial charge < -0.3 is 44.2 Å². The monoisotopic (exact) mass is 981 g/mol. The highest BCUT2D eigenvalue weighted by Crippen LogP contribution is 2.34. The zero-order valence-corrected chi connectivity index (χ0v) is 44.3. The van der Waals surface area contributed by atoms with E-state index >= 15 is 0 Å². The van der Waals surface area contributed by atoms with Crippen LogP contribution in [0.5, 0.6) is 0 Å². The SMILES string of the molecule is C=C(CCCCCCC1OC1CC(O)CCCCCC)OOCC(COOC(=C)CCCCCCC1OC1CC(O)CCCCCC)OOC(=C)CCCCCCC1OC1CC(O)CCCCCC. The van der Waals surface area contributed by atoms with E-state index in [1.807, 2.05) is 0 Å². The summed E-state index contributed by atoms with van der Waals surface area (Å²) in [5, 5.41) is 31.0. The largest absolute Gasteiger partial charge is 0.393 e. The van der Waals surface area contributed by atoms with Gasteiger partial charge in [-0.15, -0.1) is 0 Å². The molecule has 0 aromatic carbocycles. The maximum absolute atomic E-state index is 10.3. The van der Waals surface area contributed by atoms with Crippen molar-refractivity contribution in [1.82, 2.24) is 0 Å². The molecule has 0 saturated carbocycles. The first kappa shape index (κ1) is 61.6. The lowest BCUT2D eigenvalue weighted by atomic mass is 10.0. The molecular weight excluding hydrogens is 877 g/mol. The van der Waals surface area contributed by atoms with E-state index in [1.165, 1.54) is 57.8 Å². The van der Waals surface area contributed by atoms with Crippen LogP contribution in [0.4, 0.5) is 0 Å². The molecule has 9 atom stereocenters. The molecule has 404 valence electrons. The first-order chi connectivity index (χ1) is 33.6. The van der Waals surface area contributed by atoms with Crippen molar-refractivity contribution >= 4 is 0 Å². The Morgan fingerprint density at radius 1 is 0.391 bits per heavy atom. The summed E-state index contributed by atoms with van der Waals surface area (Å²) in [6.45, 7) is 18.8. The number of hydrogen-bond acceptors (Lipinski definition) is 12. The Morgan fingerprint density at radius 2 is 0.696 bits per heavy atom. The molecule has 3 heterocycles. The quantitative estimate of drug-likeness (QED) is 0.0175. The molecule has 3 aliphatic heterocycles. The van der Waals surface area contributed by atoms with E-state index in [0.29, 0.717) is 54.9 Å². The third kappa shape index (κ3) is 33.6. The van der Waals surface area contributed by atoms with Gasteiger partial charge in [0.05, 0.1) is 54.9 Å². The normalized spacial score (nSPS) is 22.2. The van der Waals surface area contributed by atoms with E-state index in [4.69, 9.17) is 43.5 Å². The van der Waals surface area contributed by atoms with E-state index in [2.05, 4.69) is 40.5 Å². The molecular formula is C57H104O12. The summed E-state index contributed by atoms with van der Waals surface area (Å²) in [5.41, 5.74) is 0. The molecule has 0 radical (unpaired) electrons. The minimum atomic E-state index is -0.657. The van der Waals surface area contributed by atoms with Gasteiger partial charge in [-0.3, -0.25) is 0 Å². The Hall–Kier alpha value is -1.74. The van der Waals surface area contributed by atoms with Crippen molar-refractivity contribution in [3.05, 3.63) is 37.0 Å². The van der Waals surface area contributed by atoms with Crippen LogP contribution in [-0.4, -0.2) is 89.6 Å². The van der Waals surface area contributed by atoms with Crippen LogP contribution in [0, 0.1) is 0 Å². The lowest BCUT2D eigenvalue weighted by Gasteiger charge is -2.18. The topological polar surface area (TPSA) is 154 Å². The predicted molar refractivity (Wildman–Crippen MR) is 275 cm³/mol. The number of aliphatic hydroxyl groups is 3. The molecule has 69 heavy (non-hydrogen) atoms. The standard InChI is InChI=1S/C57H104O12/c1-7-10-13-25-34-48(58)40-55-52(63-55)37-28-19-16-22-31-45(4)66-61-43-51(69-68-47(6)33-24-18-21-30-39-54-57(65-54)42-50(60)36-27-15-12-9-3)44-62-67-46(5)32-23-17-20-29-38-53-56(64-53)41-49(59)35-26-14-11-8-2/h48-60H,4-44H2,1-3H3. The van der Waals surface area contributed by atoms with Crippen molar-refractivity contribution in [2.24, 2.45) is 0 Å². The van der Waals surface area contributed by atoms with Gasteiger partial charge in [0, 0.05) is 38.5 Å². The van der Waals surface area contributed by atoms with E-state index in [0.717, 1.165) is 154 Å². The van der Waals surface area contributed by atoms with Gasteiger partial charge in [0.1, 0.15) is 30.5 Å². The second-order valence-electron chi connectivity index (χ2n) is 20.9. The summed E-state index contributed by atoms with van der Waals surface area (Å²) in [5.74, 6) is 1.64. The highest BCUT2D eigenvalue weighted by Gasteiger charge is 2.40. The lowest BCUT2D eigenvalue weighted by molar-refractivity contribution is -0.369. The summed E-state index contributed by atoms with van der Waals surface area (Å²) < 4.78 is 17.5. The van der Waals surface area contributed by atoms with Crippen molar-refractivity contribution in [2.75, 3.05) is 13.2 Å². The van der Waals surface area contributed by atoms with Crippen LogP contribution in [0.1, 0.15) is 252 Å². The molecule has 3 aliphatic rings. The molecule has 0 aromatic heterocycles. The number of allylic oxidation sites excluding steroid dienone is 3. The van der Waals surface area contributed by atoms with Crippen LogP contribution in [-0.2, 0) is 43.5 Å². The first-order valence-electron chi connectivity index (χ1n) is 28.6. The second-order valence-corrected chi connectivity index (χ2v) is 20.9. The van der Waals surface area contributed by atoms with Crippen LogP contribution in [0.25, 0.3) is 0 Å². The molecule has 12 heteroatoms. The van der Waals surface area contributed by atoms with Crippen molar-refractivity contribution in [3.8, 4) is 0 Å². The van der Waals surface area contributed by atoms with E-state index in [9.17, 15) is 15.3 Å². The third-order valence-electron chi connectivity index (χ3n) is 14.0. The number of ether oxygens (including phenoxy) is 3. The fraction of sp³-hybridized carbons (Fsp3) is 0.895. The van der Waals surface area contributed by atoms with Crippen molar-refractivity contribution < 1.29 is 58.9 Å². The zero-order chi connectivity index (χ0) is 49.7. The number of rotatable bonds is 53. The van der Waals surface area contributed by atoms with Crippen LogP contribution < -0.4 is 0 Å². The molecule has 3 fully saturated rings. The van der Waals surface area contributed by atoms with Gasteiger partial charge in [0.2, 0.25) is 0 Å². The van der Waals surface area contributed by atoms with Gasteiger partial charge in [0.15, 0.2) is 6.10 Å². The highest BCUT2D eigenvalue weighted by molar-refractivity contribution is 4.89. The summed E-state index contributed by atoms with van der Waals surface area (Å²) in [6.07, 6.45) is 37.4. The predicted octanol–water partition coefficient (Wildman–Crippen LogP) is 14.2. The van der Waals surface area contributed by atoms with Crippen LogP contribution in [0.15, 0.2) is 37.0 Å². The smallest absolute Gasteiger partial charge is 0.159 e. The average Bonchev–Trinajstić information content (AvgIpc) is 4.28. The van der Waals surface area contributed by atoms with Crippen molar-refractivity contribution in [2.45, 2.75) is 313 Å². The maximum Gasteiger partial charge on any atom is 0.159 e. The average molecular weight is 981 g/mol. The Balaban J connectivity index is 1.24. The molecule has 0 amide bonds. The van der Waals surface area contributed by atoms with Crippen LogP contribution >= 0.6 is 0 Å². The fourth-order valence-corrected chi connectivity index (χ4v) is 9.31. The molecule has 12 nitrogen and oxygen atoms in total. The van der Waals surface area contributed by atoms with Gasteiger partial charge >= 0.3 is 0 Å². The van der Waals surface area contributed by atoms with Crippen LogP contribution in [0.3, 0.4) is 0 Å². The van der Waals surface area contributed by atoms with E-state index in [-0.39, 0.29) is 49.8 Å². The number of hydrogen-bond donors (Lipinski definition) is 3.